The van der Waals surface area contributed by atoms with E-state index in [1.54, 1.807) is 0 Å². The number of nitrogens with zero attached hydrogens (tertiary/aromatic N) is 1. The molecule has 0 radical (unpaired) electrons. The predicted octanol–water partition coefficient (Wildman–Crippen LogP) is 2.34. The summed E-state index contributed by atoms with van der Waals surface area (Å²) in [5, 5.41) is 12.8. The van der Waals surface area contributed by atoms with Crippen LogP contribution < -0.4 is 5.32 Å². The highest BCUT2D eigenvalue weighted by molar-refractivity contribution is 5.98. The van der Waals surface area contributed by atoms with E-state index in [1.807, 2.05) is 0 Å². The van der Waals surface area contributed by atoms with E-state index >= 15 is 0 Å². The maximum Gasteiger partial charge on any atom is 0.423 e. The van der Waals surface area contributed by atoms with Crippen LogP contribution in [0.25, 0.3) is 0 Å². The molecule has 0 bridgehead atoms. The molecular weight excluding hydrogens is 281 g/mol. The smallest absolute Gasteiger partial charge is 0.359 e. The van der Waals surface area contributed by atoms with E-state index in [0.29, 0.717) is 12.1 Å². The molecule has 0 aliphatic carbocycles. The van der Waals surface area contributed by atoms with Gasteiger partial charge in [0.15, 0.2) is 5.60 Å². The molecule has 1 aliphatic heterocycles. The van der Waals surface area contributed by atoms with Crippen molar-refractivity contribution in [3.05, 3.63) is 33.9 Å². The summed E-state index contributed by atoms with van der Waals surface area (Å²) in [7, 11) is 0. The van der Waals surface area contributed by atoms with Gasteiger partial charge in [0.25, 0.3) is 11.6 Å². The van der Waals surface area contributed by atoms with E-state index in [2.05, 4.69) is 5.32 Å². The zero-order chi connectivity index (χ0) is 15.1. The van der Waals surface area contributed by atoms with Crippen molar-refractivity contribution >= 4 is 17.3 Å². The van der Waals surface area contributed by atoms with Crippen molar-refractivity contribution in [1.29, 1.82) is 0 Å². The third-order valence-corrected chi connectivity index (χ3v) is 2.81. The number of nitro groups is 1. The van der Waals surface area contributed by atoms with Gasteiger partial charge >= 0.3 is 6.18 Å². The van der Waals surface area contributed by atoms with E-state index in [1.165, 1.54) is 6.92 Å². The number of halogens is 3. The molecule has 108 valence electrons. The highest BCUT2D eigenvalue weighted by Crippen LogP contribution is 2.38. The lowest BCUT2D eigenvalue weighted by Crippen LogP contribution is -2.28. The molecule has 6 nitrogen and oxygen atoms in total. The van der Waals surface area contributed by atoms with Gasteiger partial charge in [0.05, 0.1) is 11.5 Å². The van der Waals surface area contributed by atoms with Crippen LogP contribution in [-0.2, 0) is 15.7 Å². The van der Waals surface area contributed by atoms with Crippen molar-refractivity contribution in [2.24, 2.45) is 0 Å². The molecule has 0 aromatic heterocycles. The number of carbonyl (C=O) groups excluding carboxylic acids is 1. The van der Waals surface area contributed by atoms with E-state index in [-0.39, 0.29) is 12.3 Å². The van der Waals surface area contributed by atoms with Gasteiger partial charge in [-0.15, -0.1) is 0 Å². The Bertz CT molecular complexity index is 582. The average molecular weight is 290 g/mol. The standard InChI is InChI=1S/C11H9F3N2O4/c1-10(5-20-10)9(17)15-6-2-3-8(16(18)19)7(4-6)11(12,13)14/h2-4H,5H2,1H3,(H,15,17)/t10-/m0/s1. The largest absolute Gasteiger partial charge is 0.423 e. The number of amides is 1. The number of nitrogens with one attached hydrogen (secondary N) is 1. The first-order chi connectivity index (χ1) is 9.13. The van der Waals surface area contributed by atoms with Crippen molar-refractivity contribution < 1.29 is 27.6 Å². The number of anilines is 1. The third-order valence-electron chi connectivity index (χ3n) is 2.81. The van der Waals surface area contributed by atoms with Gasteiger partial charge < -0.3 is 10.1 Å². The molecular formula is C11H9F3N2O4. The van der Waals surface area contributed by atoms with Crippen molar-refractivity contribution in [2.45, 2.75) is 18.7 Å². The Balaban J connectivity index is 2.32. The summed E-state index contributed by atoms with van der Waals surface area (Å²) in [5.41, 5.74) is -3.70. The van der Waals surface area contributed by atoms with E-state index in [9.17, 15) is 28.1 Å². The number of carbonyl (C=O) groups is 1. The number of hydrogen-bond donors (Lipinski definition) is 1. The van der Waals surface area contributed by atoms with Crippen LogP contribution in [0, 0.1) is 10.1 Å². The molecule has 1 amide bonds. The van der Waals surface area contributed by atoms with Gasteiger partial charge in [0.1, 0.15) is 5.56 Å². The molecule has 1 N–H and O–H groups in total. The van der Waals surface area contributed by atoms with Crippen LogP contribution in [0.3, 0.4) is 0 Å². The van der Waals surface area contributed by atoms with Gasteiger partial charge in [-0.05, 0) is 19.1 Å². The summed E-state index contributed by atoms with van der Waals surface area (Å²) in [5.74, 6) is -0.598. The first-order valence-corrected chi connectivity index (χ1v) is 5.44. The fraction of sp³-hybridized carbons (Fsp3) is 0.364. The van der Waals surface area contributed by atoms with Crippen LogP contribution >= 0.6 is 0 Å². The van der Waals surface area contributed by atoms with Gasteiger partial charge in [0.2, 0.25) is 0 Å². The van der Waals surface area contributed by atoms with Crippen LogP contribution in [0.1, 0.15) is 12.5 Å². The Hall–Kier alpha value is -2.16. The van der Waals surface area contributed by atoms with Gasteiger partial charge in [-0.25, -0.2) is 0 Å². The summed E-state index contributed by atoms with van der Waals surface area (Å²) >= 11 is 0. The number of rotatable bonds is 3. The number of epoxide rings is 1. The fourth-order valence-electron chi connectivity index (χ4n) is 1.50. The van der Waals surface area contributed by atoms with Crippen LogP contribution in [0.15, 0.2) is 18.2 Å². The second kappa shape index (κ2) is 4.44. The Labute approximate surface area is 110 Å². The zero-order valence-electron chi connectivity index (χ0n) is 10.2. The quantitative estimate of drug-likeness (QED) is 0.526. The molecule has 1 saturated heterocycles. The highest BCUT2D eigenvalue weighted by Gasteiger charge is 2.47. The summed E-state index contributed by atoms with van der Waals surface area (Å²) in [6.45, 7) is 1.66. The Morgan fingerprint density at radius 2 is 2.10 bits per heavy atom. The maximum atomic E-state index is 12.7. The predicted molar refractivity (Wildman–Crippen MR) is 61.1 cm³/mol. The minimum Gasteiger partial charge on any atom is -0.359 e. The molecule has 1 aliphatic rings. The molecule has 2 rings (SSSR count). The number of alkyl halides is 3. The van der Waals surface area contributed by atoms with Crippen LogP contribution in [0.4, 0.5) is 24.5 Å². The molecule has 0 unspecified atom stereocenters. The normalized spacial score (nSPS) is 21.4. The molecule has 0 saturated carbocycles. The lowest BCUT2D eigenvalue weighted by molar-refractivity contribution is -0.388. The van der Waals surface area contributed by atoms with E-state index in [0.717, 1.165) is 6.07 Å². The lowest BCUT2D eigenvalue weighted by Gasteiger charge is -2.11. The Kier molecular flexibility index (Phi) is 3.17. The first kappa shape index (κ1) is 14.3. The van der Waals surface area contributed by atoms with Crippen molar-refractivity contribution in [2.75, 3.05) is 11.9 Å². The van der Waals surface area contributed by atoms with Crippen LogP contribution in [0.2, 0.25) is 0 Å². The minimum absolute atomic E-state index is 0.176. The molecule has 9 heteroatoms. The molecule has 0 spiro atoms. The van der Waals surface area contributed by atoms with Gasteiger partial charge in [0, 0.05) is 11.8 Å². The van der Waals surface area contributed by atoms with Crippen LogP contribution in [-0.4, -0.2) is 23.0 Å². The molecule has 1 aromatic rings. The molecule has 20 heavy (non-hydrogen) atoms. The van der Waals surface area contributed by atoms with E-state index in [4.69, 9.17) is 4.74 Å². The Morgan fingerprint density at radius 3 is 2.55 bits per heavy atom. The topological polar surface area (TPSA) is 84.8 Å². The summed E-state index contributed by atoms with van der Waals surface area (Å²) in [6.07, 6.45) is -4.89. The molecule has 1 aromatic carbocycles. The second-order valence-corrected chi connectivity index (χ2v) is 4.46. The van der Waals surface area contributed by atoms with Gasteiger partial charge in [-0.2, -0.15) is 13.2 Å². The van der Waals surface area contributed by atoms with Crippen LogP contribution in [0.5, 0.6) is 0 Å². The number of benzene rings is 1. The lowest BCUT2D eigenvalue weighted by atomic mass is 10.1. The number of ether oxygens (including phenoxy) is 1. The molecule has 1 fully saturated rings. The minimum atomic E-state index is -4.89. The second-order valence-electron chi connectivity index (χ2n) is 4.46. The fourth-order valence-corrected chi connectivity index (χ4v) is 1.50. The zero-order valence-corrected chi connectivity index (χ0v) is 10.2. The Morgan fingerprint density at radius 1 is 1.50 bits per heavy atom. The van der Waals surface area contributed by atoms with Gasteiger partial charge in [-0.1, -0.05) is 0 Å². The van der Waals surface area contributed by atoms with Gasteiger partial charge in [-0.3, -0.25) is 14.9 Å². The number of nitro benzene ring substituents is 1. The van der Waals surface area contributed by atoms with Crippen molar-refractivity contribution in [3.63, 3.8) is 0 Å². The summed E-state index contributed by atoms with van der Waals surface area (Å²) in [4.78, 5) is 21.1. The van der Waals surface area contributed by atoms with Crippen molar-refractivity contribution in [3.8, 4) is 0 Å². The SMILES string of the molecule is C[C@@]1(C(=O)Nc2ccc([N+](=O)[O-])c(C(F)(F)F)c2)CO1. The van der Waals surface area contributed by atoms with Crippen molar-refractivity contribution in [1.82, 2.24) is 0 Å². The van der Waals surface area contributed by atoms with E-state index < -0.39 is 33.9 Å². The monoisotopic (exact) mass is 290 g/mol. The number of hydrogen-bond acceptors (Lipinski definition) is 4. The summed E-state index contributed by atoms with van der Waals surface area (Å²) < 4.78 is 43.0. The summed E-state index contributed by atoms with van der Waals surface area (Å²) in [6, 6.07) is 2.27. The highest BCUT2D eigenvalue weighted by atomic mass is 19.4. The molecule has 1 heterocycles. The first-order valence-electron chi connectivity index (χ1n) is 5.44. The molecule has 1 atom stereocenters. The third kappa shape index (κ3) is 2.72. The average Bonchev–Trinajstić information content (AvgIpc) is 3.07. The maximum absolute atomic E-state index is 12.7.